The first-order valence-electron chi connectivity index (χ1n) is 5.24. The largest absolute Gasteiger partial charge is 0.508 e. The van der Waals surface area contributed by atoms with Crippen molar-refractivity contribution in [3.8, 4) is 23.3 Å². The third kappa shape index (κ3) is 4.42. The van der Waals surface area contributed by atoms with Crippen LogP contribution in [0.15, 0.2) is 18.2 Å². The molecule has 0 heterocycles. The van der Waals surface area contributed by atoms with Gasteiger partial charge in [-0.1, -0.05) is 31.6 Å². The van der Waals surface area contributed by atoms with E-state index in [2.05, 4.69) is 18.8 Å². The second-order valence-electron chi connectivity index (χ2n) is 3.50. The predicted octanol–water partition coefficient (Wildman–Crippen LogP) is 3.03. The van der Waals surface area contributed by atoms with Gasteiger partial charge < -0.3 is 10.2 Å². The van der Waals surface area contributed by atoms with E-state index in [0.29, 0.717) is 5.56 Å². The van der Waals surface area contributed by atoms with Crippen molar-refractivity contribution in [2.75, 3.05) is 0 Å². The molecule has 1 rings (SSSR count). The molecule has 1 aromatic carbocycles. The highest BCUT2D eigenvalue weighted by atomic mass is 16.3. The van der Waals surface area contributed by atoms with Crippen molar-refractivity contribution in [3.05, 3.63) is 23.8 Å². The minimum absolute atomic E-state index is 0.0489. The third-order valence-electron chi connectivity index (χ3n) is 2.04. The molecular formula is C13H16O2. The molecule has 0 radical (unpaired) electrons. The van der Waals surface area contributed by atoms with Gasteiger partial charge in [0.25, 0.3) is 0 Å². The zero-order valence-electron chi connectivity index (χ0n) is 8.95. The van der Waals surface area contributed by atoms with Crippen LogP contribution in [0.4, 0.5) is 0 Å². The Labute approximate surface area is 90.6 Å². The van der Waals surface area contributed by atoms with Gasteiger partial charge in [-0.05, 0) is 18.6 Å². The molecule has 2 heteroatoms. The summed E-state index contributed by atoms with van der Waals surface area (Å²) in [5.74, 6) is 6.03. The van der Waals surface area contributed by atoms with Crippen molar-refractivity contribution < 1.29 is 10.2 Å². The van der Waals surface area contributed by atoms with E-state index in [0.717, 1.165) is 12.8 Å². The molecular weight excluding hydrogens is 188 g/mol. The number of benzene rings is 1. The average Bonchev–Trinajstić information content (AvgIpc) is 2.16. The van der Waals surface area contributed by atoms with E-state index in [-0.39, 0.29) is 11.5 Å². The summed E-state index contributed by atoms with van der Waals surface area (Å²) in [5.41, 5.74) is 0.656. The summed E-state index contributed by atoms with van der Waals surface area (Å²) in [5, 5.41) is 18.4. The first kappa shape index (κ1) is 11.5. The van der Waals surface area contributed by atoms with Crippen LogP contribution in [0.25, 0.3) is 0 Å². The lowest BCUT2D eigenvalue weighted by Gasteiger charge is -1.95. The number of rotatable bonds is 3. The SMILES string of the molecule is CCCCCC#Cc1cc(O)cc(O)c1. The summed E-state index contributed by atoms with van der Waals surface area (Å²) < 4.78 is 0. The van der Waals surface area contributed by atoms with Crippen LogP contribution in [0.5, 0.6) is 11.5 Å². The monoisotopic (exact) mass is 204 g/mol. The van der Waals surface area contributed by atoms with Crippen LogP contribution < -0.4 is 0 Å². The summed E-state index contributed by atoms with van der Waals surface area (Å²) in [6, 6.07) is 4.39. The van der Waals surface area contributed by atoms with Gasteiger partial charge in [0.1, 0.15) is 11.5 Å². The van der Waals surface area contributed by atoms with Gasteiger partial charge in [0.2, 0.25) is 0 Å². The fraction of sp³-hybridized carbons (Fsp3) is 0.385. The Morgan fingerprint density at radius 1 is 1.07 bits per heavy atom. The Morgan fingerprint density at radius 2 is 1.73 bits per heavy atom. The third-order valence-corrected chi connectivity index (χ3v) is 2.04. The zero-order valence-corrected chi connectivity index (χ0v) is 8.95. The second-order valence-corrected chi connectivity index (χ2v) is 3.50. The lowest BCUT2D eigenvalue weighted by atomic mass is 10.1. The van der Waals surface area contributed by atoms with Crippen LogP contribution in [-0.2, 0) is 0 Å². The first-order chi connectivity index (χ1) is 7.22. The fourth-order valence-corrected chi connectivity index (χ4v) is 1.30. The molecule has 0 saturated carbocycles. The topological polar surface area (TPSA) is 40.5 Å². The molecule has 80 valence electrons. The fourth-order valence-electron chi connectivity index (χ4n) is 1.30. The van der Waals surface area contributed by atoms with Crippen LogP contribution >= 0.6 is 0 Å². The van der Waals surface area contributed by atoms with Crippen LogP contribution in [-0.4, -0.2) is 10.2 Å². The predicted molar refractivity (Wildman–Crippen MR) is 60.8 cm³/mol. The minimum Gasteiger partial charge on any atom is -0.508 e. The number of aromatic hydroxyl groups is 2. The second kappa shape index (κ2) is 5.98. The van der Waals surface area contributed by atoms with E-state index in [4.69, 9.17) is 0 Å². The van der Waals surface area contributed by atoms with E-state index in [1.807, 2.05) is 0 Å². The summed E-state index contributed by atoms with van der Waals surface area (Å²) in [6.45, 7) is 2.15. The number of phenolic OH excluding ortho intramolecular Hbond substituents is 2. The van der Waals surface area contributed by atoms with E-state index >= 15 is 0 Å². The quantitative estimate of drug-likeness (QED) is 0.587. The van der Waals surface area contributed by atoms with Gasteiger partial charge in [-0.15, -0.1) is 0 Å². The molecule has 0 atom stereocenters. The molecule has 0 aliphatic rings. The van der Waals surface area contributed by atoms with Crippen LogP contribution in [0.1, 0.15) is 38.2 Å². The zero-order chi connectivity index (χ0) is 11.1. The number of hydrogen-bond acceptors (Lipinski definition) is 2. The standard InChI is InChI=1S/C13H16O2/c1-2-3-4-5-6-7-11-8-12(14)10-13(15)9-11/h8-10,14-15H,2-5H2,1H3. The van der Waals surface area contributed by atoms with Crippen LogP contribution in [0.3, 0.4) is 0 Å². The summed E-state index contributed by atoms with van der Waals surface area (Å²) in [7, 11) is 0. The molecule has 0 bridgehead atoms. The van der Waals surface area contributed by atoms with Gasteiger partial charge >= 0.3 is 0 Å². The molecule has 0 fully saturated rings. The van der Waals surface area contributed by atoms with Crippen LogP contribution in [0, 0.1) is 11.8 Å². The molecule has 0 spiro atoms. The van der Waals surface area contributed by atoms with Crippen molar-refractivity contribution in [2.24, 2.45) is 0 Å². The van der Waals surface area contributed by atoms with E-state index in [9.17, 15) is 10.2 Å². The molecule has 0 aliphatic carbocycles. The van der Waals surface area contributed by atoms with Crippen LogP contribution in [0.2, 0.25) is 0 Å². The highest BCUT2D eigenvalue weighted by Crippen LogP contribution is 2.19. The van der Waals surface area contributed by atoms with Gasteiger partial charge in [0.05, 0.1) is 0 Å². The summed E-state index contributed by atoms with van der Waals surface area (Å²) in [4.78, 5) is 0. The van der Waals surface area contributed by atoms with Gasteiger partial charge in [0, 0.05) is 18.1 Å². The van der Waals surface area contributed by atoms with E-state index in [1.165, 1.54) is 18.9 Å². The van der Waals surface area contributed by atoms with Crippen molar-refractivity contribution in [2.45, 2.75) is 32.6 Å². The number of unbranched alkanes of at least 4 members (excludes halogenated alkanes) is 3. The molecule has 2 N–H and O–H groups in total. The molecule has 15 heavy (non-hydrogen) atoms. The molecule has 0 aromatic heterocycles. The smallest absolute Gasteiger partial charge is 0.120 e. The normalized spacial score (nSPS) is 9.40. The maximum atomic E-state index is 9.21. The van der Waals surface area contributed by atoms with Crippen molar-refractivity contribution in [3.63, 3.8) is 0 Å². The molecule has 0 aliphatic heterocycles. The highest BCUT2D eigenvalue weighted by molar-refractivity contribution is 5.44. The number of phenols is 2. The number of hydrogen-bond donors (Lipinski definition) is 2. The Morgan fingerprint density at radius 3 is 2.33 bits per heavy atom. The van der Waals surface area contributed by atoms with Gasteiger partial charge in [-0.2, -0.15) is 0 Å². The Bertz CT molecular complexity index is 352. The van der Waals surface area contributed by atoms with E-state index < -0.39 is 0 Å². The maximum absolute atomic E-state index is 9.21. The molecule has 0 unspecified atom stereocenters. The minimum atomic E-state index is 0.0489. The summed E-state index contributed by atoms with van der Waals surface area (Å²) >= 11 is 0. The van der Waals surface area contributed by atoms with Crippen molar-refractivity contribution in [1.29, 1.82) is 0 Å². The average molecular weight is 204 g/mol. The Kier molecular flexibility index (Phi) is 4.56. The van der Waals surface area contributed by atoms with Gasteiger partial charge in [-0.25, -0.2) is 0 Å². The lowest BCUT2D eigenvalue weighted by Crippen LogP contribution is -1.76. The van der Waals surface area contributed by atoms with Gasteiger partial charge in [-0.3, -0.25) is 0 Å². The van der Waals surface area contributed by atoms with E-state index in [1.54, 1.807) is 12.1 Å². The summed E-state index contributed by atoms with van der Waals surface area (Å²) in [6.07, 6.45) is 4.35. The molecule has 0 amide bonds. The maximum Gasteiger partial charge on any atom is 0.120 e. The highest BCUT2D eigenvalue weighted by Gasteiger charge is 1.95. The molecule has 0 saturated heterocycles. The Hall–Kier alpha value is -1.62. The molecule has 2 nitrogen and oxygen atoms in total. The first-order valence-corrected chi connectivity index (χ1v) is 5.24. The van der Waals surface area contributed by atoms with Crippen molar-refractivity contribution >= 4 is 0 Å². The molecule has 1 aromatic rings. The van der Waals surface area contributed by atoms with Gasteiger partial charge in [0.15, 0.2) is 0 Å². The van der Waals surface area contributed by atoms with Crippen molar-refractivity contribution in [1.82, 2.24) is 0 Å². The Balaban J connectivity index is 2.55. The lowest BCUT2D eigenvalue weighted by molar-refractivity contribution is 0.450.